The SMILES string of the molecule is CCCCCCCCN(CCO)CCCCCCCC(=O)OC1CC1CCCCCCC. The summed E-state index contributed by atoms with van der Waals surface area (Å²) in [6, 6.07) is 0. The molecule has 0 spiro atoms. The molecule has 1 saturated carbocycles. The molecule has 1 aliphatic rings. The molecular weight excluding hydrogens is 398 g/mol. The van der Waals surface area contributed by atoms with E-state index in [1.165, 1.54) is 96.3 Å². The second-order valence-electron chi connectivity index (χ2n) is 10.1. The van der Waals surface area contributed by atoms with E-state index in [0.29, 0.717) is 12.3 Å². The van der Waals surface area contributed by atoms with E-state index in [9.17, 15) is 9.90 Å². The van der Waals surface area contributed by atoms with Crippen molar-refractivity contribution >= 4 is 5.97 Å². The largest absolute Gasteiger partial charge is 0.462 e. The molecule has 1 aliphatic carbocycles. The number of esters is 1. The first-order chi connectivity index (χ1) is 15.7. The molecule has 1 rings (SSSR count). The van der Waals surface area contributed by atoms with Crippen molar-refractivity contribution in [1.82, 2.24) is 4.90 Å². The van der Waals surface area contributed by atoms with Crippen LogP contribution in [0, 0.1) is 5.92 Å². The van der Waals surface area contributed by atoms with Gasteiger partial charge >= 0.3 is 5.97 Å². The molecule has 2 unspecified atom stereocenters. The van der Waals surface area contributed by atoms with Crippen LogP contribution in [0.1, 0.15) is 136 Å². The van der Waals surface area contributed by atoms with Gasteiger partial charge in [0.05, 0.1) is 6.61 Å². The molecule has 0 amide bonds. The van der Waals surface area contributed by atoms with Gasteiger partial charge < -0.3 is 14.7 Å². The summed E-state index contributed by atoms with van der Waals surface area (Å²) in [5.74, 6) is 0.676. The Hall–Kier alpha value is -0.610. The monoisotopic (exact) mass is 453 g/mol. The highest BCUT2D eigenvalue weighted by Gasteiger charge is 2.39. The number of ether oxygens (including phenoxy) is 1. The summed E-state index contributed by atoms with van der Waals surface area (Å²) in [5, 5.41) is 9.31. The molecule has 2 atom stereocenters. The predicted octanol–water partition coefficient (Wildman–Crippen LogP) is 7.27. The van der Waals surface area contributed by atoms with Crippen LogP contribution in [0.15, 0.2) is 0 Å². The number of unbranched alkanes of at least 4 members (excludes halogenated alkanes) is 13. The van der Waals surface area contributed by atoms with Crippen LogP contribution in [-0.2, 0) is 9.53 Å². The summed E-state index contributed by atoms with van der Waals surface area (Å²) in [6.07, 6.45) is 23.5. The third-order valence-electron chi connectivity index (χ3n) is 6.92. The summed E-state index contributed by atoms with van der Waals surface area (Å²) in [7, 11) is 0. The van der Waals surface area contributed by atoms with Crippen molar-refractivity contribution in [2.75, 3.05) is 26.2 Å². The van der Waals surface area contributed by atoms with Gasteiger partial charge in [0.2, 0.25) is 0 Å². The number of carbonyl (C=O) groups excluding carboxylic acids is 1. The number of nitrogens with zero attached hydrogens (tertiary/aromatic N) is 1. The minimum absolute atomic E-state index is 0.0246. The summed E-state index contributed by atoms with van der Waals surface area (Å²) in [4.78, 5) is 14.5. The summed E-state index contributed by atoms with van der Waals surface area (Å²) < 4.78 is 5.64. The van der Waals surface area contributed by atoms with Crippen LogP contribution in [-0.4, -0.2) is 48.3 Å². The van der Waals surface area contributed by atoms with Gasteiger partial charge in [0, 0.05) is 13.0 Å². The van der Waals surface area contributed by atoms with Crippen LogP contribution in [0.2, 0.25) is 0 Å². The number of aliphatic hydroxyl groups is 1. The number of hydrogen-bond donors (Lipinski definition) is 1. The molecule has 32 heavy (non-hydrogen) atoms. The molecule has 0 bridgehead atoms. The molecule has 0 saturated heterocycles. The minimum atomic E-state index is 0.0246. The normalized spacial score (nSPS) is 17.8. The fourth-order valence-corrected chi connectivity index (χ4v) is 4.63. The van der Waals surface area contributed by atoms with Crippen molar-refractivity contribution in [2.24, 2.45) is 5.92 Å². The van der Waals surface area contributed by atoms with Crippen molar-refractivity contribution in [3.8, 4) is 0 Å². The van der Waals surface area contributed by atoms with E-state index in [1.54, 1.807) is 0 Å². The molecule has 0 aromatic rings. The number of hydrogen-bond acceptors (Lipinski definition) is 4. The highest BCUT2D eigenvalue weighted by atomic mass is 16.5. The van der Waals surface area contributed by atoms with Gasteiger partial charge in [-0.1, -0.05) is 97.3 Å². The lowest BCUT2D eigenvalue weighted by atomic mass is 10.1. The Labute approximate surface area is 199 Å². The maximum Gasteiger partial charge on any atom is 0.306 e. The second-order valence-corrected chi connectivity index (χ2v) is 10.1. The molecule has 1 fully saturated rings. The Kier molecular flexibility index (Phi) is 19.3. The maximum absolute atomic E-state index is 12.0. The van der Waals surface area contributed by atoms with Crippen molar-refractivity contribution in [3.63, 3.8) is 0 Å². The third-order valence-corrected chi connectivity index (χ3v) is 6.92. The quantitative estimate of drug-likeness (QED) is 0.123. The molecule has 4 nitrogen and oxygen atoms in total. The molecule has 1 N–H and O–H groups in total. The van der Waals surface area contributed by atoms with E-state index in [-0.39, 0.29) is 18.7 Å². The third kappa shape index (κ3) is 16.9. The Bertz CT molecular complexity index is 429. The zero-order valence-electron chi connectivity index (χ0n) is 21.6. The first-order valence-electron chi connectivity index (χ1n) is 14.2. The van der Waals surface area contributed by atoms with Crippen LogP contribution in [0.4, 0.5) is 0 Å². The first kappa shape index (κ1) is 29.4. The first-order valence-corrected chi connectivity index (χ1v) is 14.2. The van der Waals surface area contributed by atoms with E-state index in [1.807, 2.05) is 0 Å². The van der Waals surface area contributed by atoms with Gasteiger partial charge in [-0.3, -0.25) is 4.79 Å². The molecule has 0 aromatic carbocycles. The molecule has 4 heteroatoms. The van der Waals surface area contributed by atoms with Crippen LogP contribution in [0.25, 0.3) is 0 Å². The van der Waals surface area contributed by atoms with Crippen LogP contribution < -0.4 is 0 Å². The number of aliphatic hydroxyl groups excluding tert-OH is 1. The van der Waals surface area contributed by atoms with E-state index >= 15 is 0 Å². The Balaban J connectivity index is 1.91. The Morgan fingerprint density at radius 3 is 1.88 bits per heavy atom. The summed E-state index contributed by atoms with van der Waals surface area (Å²) in [5.41, 5.74) is 0. The van der Waals surface area contributed by atoms with Crippen LogP contribution in [0.3, 0.4) is 0 Å². The average molecular weight is 454 g/mol. The molecular formula is C28H55NO3. The average Bonchev–Trinajstić information content (AvgIpc) is 3.52. The van der Waals surface area contributed by atoms with Gasteiger partial charge in [-0.15, -0.1) is 0 Å². The minimum Gasteiger partial charge on any atom is -0.462 e. The molecule has 0 radical (unpaired) electrons. The van der Waals surface area contributed by atoms with Gasteiger partial charge in [0.1, 0.15) is 6.10 Å². The fraction of sp³-hybridized carbons (Fsp3) is 0.964. The molecule has 0 aliphatic heterocycles. The standard InChI is InChI=1S/C28H55NO3/c1-3-5-7-9-13-17-21-29(23-24-30)22-18-14-10-12-16-20-28(31)32-27-25-26(27)19-15-11-8-6-4-2/h26-27,30H,3-25H2,1-2H3. The van der Waals surface area contributed by atoms with Crippen molar-refractivity contribution in [3.05, 3.63) is 0 Å². The van der Waals surface area contributed by atoms with Crippen LogP contribution in [0.5, 0.6) is 0 Å². The van der Waals surface area contributed by atoms with E-state index in [2.05, 4.69) is 18.7 Å². The molecule has 0 heterocycles. The van der Waals surface area contributed by atoms with Gasteiger partial charge in [0.15, 0.2) is 0 Å². The van der Waals surface area contributed by atoms with Gasteiger partial charge in [0.25, 0.3) is 0 Å². The van der Waals surface area contributed by atoms with Crippen molar-refractivity contribution in [2.45, 2.75) is 142 Å². The zero-order chi connectivity index (χ0) is 23.3. The molecule has 0 aromatic heterocycles. The zero-order valence-corrected chi connectivity index (χ0v) is 21.6. The van der Waals surface area contributed by atoms with Gasteiger partial charge in [-0.2, -0.15) is 0 Å². The van der Waals surface area contributed by atoms with Crippen LogP contribution >= 0.6 is 0 Å². The lowest BCUT2D eigenvalue weighted by molar-refractivity contribution is -0.145. The van der Waals surface area contributed by atoms with Crippen molar-refractivity contribution < 1.29 is 14.6 Å². The van der Waals surface area contributed by atoms with Gasteiger partial charge in [-0.05, 0) is 51.1 Å². The maximum atomic E-state index is 12.0. The lowest BCUT2D eigenvalue weighted by Gasteiger charge is -2.21. The lowest BCUT2D eigenvalue weighted by Crippen LogP contribution is -2.29. The highest BCUT2D eigenvalue weighted by Crippen LogP contribution is 2.38. The second kappa shape index (κ2) is 21.0. The smallest absolute Gasteiger partial charge is 0.306 e. The fourth-order valence-electron chi connectivity index (χ4n) is 4.63. The topological polar surface area (TPSA) is 49.8 Å². The Morgan fingerprint density at radius 2 is 1.28 bits per heavy atom. The predicted molar refractivity (Wildman–Crippen MR) is 136 cm³/mol. The van der Waals surface area contributed by atoms with E-state index in [4.69, 9.17) is 4.74 Å². The highest BCUT2D eigenvalue weighted by molar-refractivity contribution is 5.69. The summed E-state index contributed by atoms with van der Waals surface area (Å²) in [6.45, 7) is 7.80. The van der Waals surface area contributed by atoms with Gasteiger partial charge in [-0.25, -0.2) is 0 Å². The Morgan fingerprint density at radius 1 is 0.750 bits per heavy atom. The van der Waals surface area contributed by atoms with Crippen molar-refractivity contribution in [1.29, 1.82) is 0 Å². The van der Waals surface area contributed by atoms with E-state index < -0.39 is 0 Å². The van der Waals surface area contributed by atoms with E-state index in [0.717, 1.165) is 38.9 Å². The number of rotatable bonds is 24. The summed E-state index contributed by atoms with van der Waals surface area (Å²) >= 11 is 0. The number of carbonyl (C=O) groups is 1. The molecule has 190 valence electrons.